The fourth-order valence-corrected chi connectivity index (χ4v) is 3.12. The van der Waals surface area contributed by atoms with E-state index in [4.69, 9.17) is 5.11 Å². The van der Waals surface area contributed by atoms with Gasteiger partial charge >= 0.3 is 0 Å². The van der Waals surface area contributed by atoms with Crippen LogP contribution >= 0.6 is 27.3 Å². The normalized spacial score (nSPS) is 12.4. The second-order valence-electron chi connectivity index (χ2n) is 4.51. The Bertz CT molecular complexity index is 379. The van der Waals surface area contributed by atoms with Crippen molar-refractivity contribution in [3.63, 3.8) is 0 Å². The van der Waals surface area contributed by atoms with Gasteiger partial charge in [-0.05, 0) is 54.2 Å². The maximum atomic E-state index is 11.8. The molecule has 0 radical (unpaired) electrons. The van der Waals surface area contributed by atoms with Crippen molar-refractivity contribution >= 4 is 33.2 Å². The lowest BCUT2D eigenvalue weighted by atomic mass is 10.2. The first-order valence-electron chi connectivity index (χ1n) is 6.15. The van der Waals surface area contributed by atoms with Crippen molar-refractivity contribution in [2.75, 3.05) is 13.6 Å². The van der Waals surface area contributed by atoms with Gasteiger partial charge in [0, 0.05) is 24.9 Å². The van der Waals surface area contributed by atoms with Crippen LogP contribution in [0.15, 0.2) is 15.9 Å². The molecule has 0 aliphatic carbocycles. The van der Waals surface area contributed by atoms with E-state index >= 15 is 0 Å². The topological polar surface area (TPSA) is 40.5 Å². The molecule has 0 fully saturated rings. The van der Waals surface area contributed by atoms with Gasteiger partial charge in [-0.2, -0.15) is 0 Å². The number of halogens is 1. The minimum atomic E-state index is -0.344. The van der Waals surface area contributed by atoms with E-state index in [0.29, 0.717) is 19.4 Å². The lowest BCUT2D eigenvalue weighted by molar-refractivity contribution is -0.130. The molecule has 3 nitrogen and oxygen atoms in total. The third kappa shape index (κ3) is 5.98. The predicted molar refractivity (Wildman–Crippen MR) is 78.9 cm³/mol. The Morgan fingerprint density at radius 3 is 2.83 bits per heavy atom. The molecule has 1 aromatic heterocycles. The Labute approximate surface area is 121 Å². The van der Waals surface area contributed by atoms with Crippen molar-refractivity contribution in [2.24, 2.45) is 0 Å². The molecule has 0 saturated heterocycles. The number of aliphatic hydroxyl groups excluding tert-OH is 1. The van der Waals surface area contributed by atoms with Crippen LogP contribution in [-0.4, -0.2) is 35.6 Å². The smallest absolute Gasteiger partial charge is 0.222 e. The maximum absolute atomic E-state index is 11.8. The molecule has 1 aromatic rings. The Hall–Kier alpha value is -0.390. The Kier molecular flexibility index (Phi) is 6.89. The molecular formula is C13H20BrNO2S. The summed E-state index contributed by atoms with van der Waals surface area (Å²) in [6.45, 7) is 2.37. The predicted octanol–water partition coefficient (Wildman–Crippen LogP) is 3.06. The zero-order chi connectivity index (χ0) is 13.5. The Morgan fingerprint density at radius 2 is 2.28 bits per heavy atom. The number of thiophene rings is 1. The van der Waals surface area contributed by atoms with Gasteiger partial charge in [-0.3, -0.25) is 4.79 Å². The van der Waals surface area contributed by atoms with E-state index in [1.165, 1.54) is 4.88 Å². The van der Waals surface area contributed by atoms with Crippen LogP contribution < -0.4 is 0 Å². The zero-order valence-corrected chi connectivity index (χ0v) is 13.3. The van der Waals surface area contributed by atoms with E-state index in [9.17, 15) is 4.79 Å². The highest BCUT2D eigenvalue weighted by atomic mass is 79.9. The molecule has 0 bridgehead atoms. The van der Waals surface area contributed by atoms with Gasteiger partial charge in [0.05, 0.1) is 9.89 Å². The summed E-state index contributed by atoms with van der Waals surface area (Å²) in [7, 11) is 1.80. The minimum absolute atomic E-state index is 0.159. The van der Waals surface area contributed by atoms with Crippen LogP contribution in [0.3, 0.4) is 0 Å². The monoisotopic (exact) mass is 333 g/mol. The summed E-state index contributed by atoms with van der Waals surface area (Å²) in [4.78, 5) is 14.8. The van der Waals surface area contributed by atoms with Crippen molar-refractivity contribution in [3.8, 4) is 0 Å². The van der Waals surface area contributed by atoms with Gasteiger partial charge in [-0.15, -0.1) is 11.3 Å². The van der Waals surface area contributed by atoms with Crippen molar-refractivity contribution in [1.29, 1.82) is 0 Å². The molecule has 1 atom stereocenters. The lowest BCUT2D eigenvalue weighted by Crippen LogP contribution is -2.29. The van der Waals surface area contributed by atoms with Crippen LogP contribution in [0, 0.1) is 0 Å². The summed E-state index contributed by atoms with van der Waals surface area (Å²) in [6.07, 6.45) is 2.70. The molecule has 1 rings (SSSR count). The van der Waals surface area contributed by atoms with Crippen LogP contribution in [0.4, 0.5) is 0 Å². The average Bonchev–Trinajstić information content (AvgIpc) is 2.71. The van der Waals surface area contributed by atoms with Crippen LogP contribution in [0.1, 0.15) is 31.1 Å². The number of hydrogen-bond donors (Lipinski definition) is 1. The average molecular weight is 334 g/mol. The van der Waals surface area contributed by atoms with Gasteiger partial charge in [-0.25, -0.2) is 0 Å². The zero-order valence-electron chi connectivity index (χ0n) is 10.9. The number of aliphatic hydroxyl groups is 1. The summed E-state index contributed by atoms with van der Waals surface area (Å²) >= 11 is 5.15. The molecule has 102 valence electrons. The molecule has 18 heavy (non-hydrogen) atoms. The highest BCUT2D eigenvalue weighted by Gasteiger charge is 2.09. The summed E-state index contributed by atoms with van der Waals surface area (Å²) in [5.41, 5.74) is 0. The maximum Gasteiger partial charge on any atom is 0.222 e. The molecule has 0 spiro atoms. The summed E-state index contributed by atoms with van der Waals surface area (Å²) in [5, 5.41) is 9.17. The SMILES string of the molecule is CC(O)CCN(C)C(=O)CCCc1ccc(Br)s1. The van der Waals surface area contributed by atoms with Crippen molar-refractivity contribution < 1.29 is 9.90 Å². The molecule has 1 unspecified atom stereocenters. The van der Waals surface area contributed by atoms with Crippen molar-refractivity contribution in [2.45, 2.75) is 38.7 Å². The molecule has 0 aromatic carbocycles. The van der Waals surface area contributed by atoms with E-state index in [-0.39, 0.29) is 12.0 Å². The summed E-state index contributed by atoms with van der Waals surface area (Å²) in [5.74, 6) is 0.159. The Morgan fingerprint density at radius 1 is 1.56 bits per heavy atom. The van der Waals surface area contributed by atoms with Crippen LogP contribution in [0.25, 0.3) is 0 Å². The number of hydrogen-bond acceptors (Lipinski definition) is 3. The first-order valence-corrected chi connectivity index (χ1v) is 7.76. The molecule has 1 heterocycles. The quantitative estimate of drug-likeness (QED) is 0.833. The van der Waals surface area contributed by atoms with Gasteiger partial charge < -0.3 is 10.0 Å². The van der Waals surface area contributed by atoms with E-state index in [2.05, 4.69) is 22.0 Å². The summed E-state index contributed by atoms with van der Waals surface area (Å²) < 4.78 is 1.14. The molecule has 0 aliphatic rings. The second kappa shape index (κ2) is 7.92. The first-order chi connectivity index (χ1) is 8.49. The lowest BCUT2D eigenvalue weighted by Gasteiger charge is -2.17. The van der Waals surface area contributed by atoms with Gasteiger partial charge in [0.2, 0.25) is 5.91 Å². The standard InChI is InChI=1S/C13H20BrNO2S/c1-10(16)8-9-15(2)13(17)5-3-4-11-6-7-12(14)18-11/h6-7,10,16H,3-5,8-9H2,1-2H3. The molecule has 5 heteroatoms. The second-order valence-corrected chi connectivity index (χ2v) is 7.06. The van der Waals surface area contributed by atoms with Crippen molar-refractivity contribution in [3.05, 3.63) is 20.8 Å². The van der Waals surface area contributed by atoms with Crippen LogP contribution in [0.2, 0.25) is 0 Å². The highest BCUT2D eigenvalue weighted by molar-refractivity contribution is 9.11. The molecule has 1 amide bonds. The molecule has 0 saturated carbocycles. The van der Waals surface area contributed by atoms with Crippen LogP contribution in [-0.2, 0) is 11.2 Å². The fraction of sp³-hybridized carbons (Fsp3) is 0.615. The van der Waals surface area contributed by atoms with E-state index < -0.39 is 0 Å². The third-order valence-corrected chi connectivity index (χ3v) is 4.43. The van der Waals surface area contributed by atoms with Gasteiger partial charge in [0.15, 0.2) is 0 Å². The number of aryl methyl sites for hydroxylation is 1. The molecular weight excluding hydrogens is 314 g/mol. The summed E-state index contributed by atoms with van der Waals surface area (Å²) in [6, 6.07) is 4.13. The molecule has 1 N–H and O–H groups in total. The largest absolute Gasteiger partial charge is 0.393 e. The number of carbonyl (C=O) groups excluding carboxylic acids is 1. The fourth-order valence-electron chi connectivity index (χ4n) is 1.60. The van der Waals surface area contributed by atoms with Gasteiger partial charge in [-0.1, -0.05) is 0 Å². The number of nitrogens with zero attached hydrogens (tertiary/aromatic N) is 1. The first kappa shape index (κ1) is 15.7. The number of carbonyl (C=O) groups is 1. The van der Waals surface area contributed by atoms with Crippen molar-refractivity contribution in [1.82, 2.24) is 4.90 Å². The van der Waals surface area contributed by atoms with Gasteiger partial charge in [0.1, 0.15) is 0 Å². The molecule has 0 aliphatic heterocycles. The highest BCUT2D eigenvalue weighted by Crippen LogP contribution is 2.23. The van der Waals surface area contributed by atoms with E-state index in [1.54, 1.807) is 30.2 Å². The van der Waals surface area contributed by atoms with Crippen LogP contribution in [0.5, 0.6) is 0 Å². The minimum Gasteiger partial charge on any atom is -0.393 e. The van der Waals surface area contributed by atoms with Gasteiger partial charge in [0.25, 0.3) is 0 Å². The van der Waals surface area contributed by atoms with E-state index in [0.717, 1.165) is 16.6 Å². The Balaban J connectivity index is 2.20. The third-order valence-electron chi connectivity index (χ3n) is 2.75. The van der Waals surface area contributed by atoms with E-state index in [1.807, 2.05) is 6.07 Å². The number of rotatable bonds is 7. The number of amides is 1.